The Hall–Kier alpha value is -2.04. The minimum absolute atomic E-state index is 0.520. The predicted octanol–water partition coefficient (Wildman–Crippen LogP) is 1.67. The molecule has 2 heterocycles. The first-order valence-corrected chi connectivity index (χ1v) is 6.61. The van der Waals surface area contributed by atoms with Crippen LogP contribution in [0.1, 0.15) is 19.4 Å². The summed E-state index contributed by atoms with van der Waals surface area (Å²) in [6, 6.07) is 4.02. The van der Waals surface area contributed by atoms with Gasteiger partial charge in [-0.1, -0.05) is 13.8 Å². The highest BCUT2D eigenvalue weighted by Gasteiger charge is 2.03. The van der Waals surface area contributed by atoms with Crippen molar-refractivity contribution in [1.82, 2.24) is 15.3 Å². The van der Waals surface area contributed by atoms with Gasteiger partial charge < -0.3 is 16.0 Å². The van der Waals surface area contributed by atoms with Gasteiger partial charge in [-0.25, -0.2) is 4.98 Å². The molecule has 102 valence electrons. The maximum absolute atomic E-state index is 5.79. The van der Waals surface area contributed by atoms with E-state index in [4.69, 9.17) is 5.73 Å². The molecule has 0 aliphatic heterocycles. The summed E-state index contributed by atoms with van der Waals surface area (Å²) in [4.78, 5) is 11.7. The fraction of sp³-hybridized carbons (Fsp3) is 0.429. The number of nitrogens with zero attached hydrogens (tertiary/aromatic N) is 2. The standard InChI is InChI=1S/C14H21N5/c1-10(2)8-19-14(15)17-7-5-11-9-18-13-12(11)4-3-6-16-13/h3-4,6,9-10H,5,7-8H2,1-2H3,(H,16,18)(H3,15,17,19). The van der Waals surface area contributed by atoms with Crippen LogP contribution >= 0.6 is 0 Å². The van der Waals surface area contributed by atoms with Crippen LogP contribution in [0.3, 0.4) is 0 Å². The maximum Gasteiger partial charge on any atom is 0.188 e. The zero-order valence-electron chi connectivity index (χ0n) is 11.5. The number of fused-ring (bicyclic) bond motifs is 1. The van der Waals surface area contributed by atoms with Crippen molar-refractivity contribution in [2.24, 2.45) is 16.6 Å². The van der Waals surface area contributed by atoms with Crippen molar-refractivity contribution in [1.29, 1.82) is 0 Å². The van der Waals surface area contributed by atoms with Gasteiger partial charge in [-0.15, -0.1) is 0 Å². The molecular formula is C14H21N5. The molecule has 4 N–H and O–H groups in total. The molecule has 0 aliphatic carbocycles. The van der Waals surface area contributed by atoms with Gasteiger partial charge in [0.2, 0.25) is 0 Å². The van der Waals surface area contributed by atoms with E-state index in [9.17, 15) is 0 Å². The zero-order chi connectivity index (χ0) is 13.7. The van der Waals surface area contributed by atoms with Crippen LogP contribution in [0.2, 0.25) is 0 Å². The third kappa shape index (κ3) is 3.71. The molecule has 19 heavy (non-hydrogen) atoms. The van der Waals surface area contributed by atoms with Crippen LogP contribution in [-0.4, -0.2) is 29.0 Å². The van der Waals surface area contributed by atoms with Crippen molar-refractivity contribution in [3.05, 3.63) is 30.1 Å². The molecular weight excluding hydrogens is 238 g/mol. The molecule has 0 bridgehead atoms. The average molecular weight is 259 g/mol. The van der Waals surface area contributed by atoms with Crippen LogP contribution in [0.15, 0.2) is 29.5 Å². The number of aliphatic imine (C=N–C) groups is 1. The highest BCUT2D eigenvalue weighted by molar-refractivity contribution is 5.80. The minimum atomic E-state index is 0.520. The lowest BCUT2D eigenvalue weighted by atomic mass is 10.1. The fourth-order valence-corrected chi connectivity index (χ4v) is 1.88. The third-order valence-corrected chi connectivity index (χ3v) is 2.86. The molecule has 0 spiro atoms. The number of aromatic amines is 1. The maximum atomic E-state index is 5.79. The summed E-state index contributed by atoms with van der Waals surface area (Å²) in [6.07, 6.45) is 4.68. The van der Waals surface area contributed by atoms with Gasteiger partial charge in [0.1, 0.15) is 5.65 Å². The Kier molecular flexibility index (Phi) is 4.39. The largest absolute Gasteiger partial charge is 0.370 e. The molecule has 0 unspecified atom stereocenters. The number of nitrogens with two attached hydrogens (primary N) is 1. The smallest absolute Gasteiger partial charge is 0.188 e. The van der Waals surface area contributed by atoms with Gasteiger partial charge in [0.15, 0.2) is 5.96 Å². The Morgan fingerprint density at radius 1 is 1.53 bits per heavy atom. The number of rotatable bonds is 5. The van der Waals surface area contributed by atoms with Crippen LogP contribution in [0.4, 0.5) is 0 Å². The average Bonchev–Trinajstić information content (AvgIpc) is 2.80. The van der Waals surface area contributed by atoms with Gasteiger partial charge in [-0.05, 0) is 30.0 Å². The fourth-order valence-electron chi connectivity index (χ4n) is 1.88. The van der Waals surface area contributed by atoms with E-state index in [0.717, 1.165) is 25.2 Å². The molecule has 0 atom stereocenters. The van der Waals surface area contributed by atoms with E-state index in [0.29, 0.717) is 11.9 Å². The van der Waals surface area contributed by atoms with Gasteiger partial charge in [0, 0.05) is 30.9 Å². The number of pyridine rings is 1. The Balaban J connectivity index is 1.87. The summed E-state index contributed by atoms with van der Waals surface area (Å²) in [5, 5.41) is 4.30. The van der Waals surface area contributed by atoms with E-state index in [-0.39, 0.29) is 0 Å². The molecule has 0 saturated carbocycles. The Morgan fingerprint density at radius 3 is 3.16 bits per heavy atom. The Labute approximate surface area is 113 Å². The van der Waals surface area contributed by atoms with Crippen molar-refractivity contribution in [2.75, 3.05) is 13.1 Å². The van der Waals surface area contributed by atoms with E-state index < -0.39 is 0 Å². The molecule has 5 nitrogen and oxygen atoms in total. The second-order valence-corrected chi connectivity index (χ2v) is 5.01. The molecule has 5 heteroatoms. The lowest BCUT2D eigenvalue weighted by Crippen LogP contribution is -2.33. The summed E-state index contributed by atoms with van der Waals surface area (Å²) in [7, 11) is 0. The molecule has 2 aromatic heterocycles. The highest BCUT2D eigenvalue weighted by atomic mass is 15.1. The van der Waals surface area contributed by atoms with Crippen molar-refractivity contribution >= 4 is 17.0 Å². The molecule has 0 radical (unpaired) electrons. The number of aromatic nitrogens is 2. The molecule has 2 rings (SSSR count). The predicted molar refractivity (Wildman–Crippen MR) is 79.1 cm³/mol. The number of nitrogens with one attached hydrogen (secondary N) is 2. The number of hydrogen-bond donors (Lipinski definition) is 3. The van der Waals surface area contributed by atoms with Gasteiger partial charge in [0.25, 0.3) is 0 Å². The molecule has 0 aromatic carbocycles. The minimum Gasteiger partial charge on any atom is -0.370 e. The molecule has 0 amide bonds. The number of H-pyrrole nitrogens is 1. The van der Waals surface area contributed by atoms with Gasteiger partial charge in [-0.2, -0.15) is 0 Å². The van der Waals surface area contributed by atoms with Gasteiger partial charge in [0.05, 0.1) is 0 Å². The first-order valence-electron chi connectivity index (χ1n) is 6.61. The second-order valence-electron chi connectivity index (χ2n) is 5.01. The second kappa shape index (κ2) is 6.22. The SMILES string of the molecule is CC(C)CN=C(N)NCCc1c[nH]c2ncccc12. The van der Waals surface area contributed by atoms with E-state index >= 15 is 0 Å². The quantitative estimate of drug-likeness (QED) is 0.564. The lowest BCUT2D eigenvalue weighted by Gasteiger charge is -2.06. The van der Waals surface area contributed by atoms with Crippen LogP contribution < -0.4 is 11.1 Å². The van der Waals surface area contributed by atoms with Crippen molar-refractivity contribution < 1.29 is 0 Å². The van der Waals surface area contributed by atoms with Crippen LogP contribution in [0.5, 0.6) is 0 Å². The van der Waals surface area contributed by atoms with Crippen molar-refractivity contribution in [3.63, 3.8) is 0 Å². The van der Waals surface area contributed by atoms with Crippen LogP contribution in [0.25, 0.3) is 11.0 Å². The van der Waals surface area contributed by atoms with E-state index in [1.54, 1.807) is 6.20 Å². The number of hydrogen-bond acceptors (Lipinski definition) is 2. The van der Waals surface area contributed by atoms with E-state index in [1.165, 1.54) is 10.9 Å². The topological polar surface area (TPSA) is 79.1 Å². The van der Waals surface area contributed by atoms with Crippen LogP contribution in [-0.2, 0) is 6.42 Å². The molecule has 0 aliphatic rings. The van der Waals surface area contributed by atoms with Gasteiger partial charge in [-0.3, -0.25) is 4.99 Å². The Bertz CT molecular complexity index is 556. The first kappa shape index (κ1) is 13.4. The summed E-state index contributed by atoms with van der Waals surface area (Å²) in [5.74, 6) is 1.05. The number of guanidine groups is 1. The van der Waals surface area contributed by atoms with Gasteiger partial charge >= 0.3 is 0 Å². The first-order chi connectivity index (χ1) is 9.16. The summed E-state index contributed by atoms with van der Waals surface area (Å²) >= 11 is 0. The Morgan fingerprint density at radius 2 is 2.37 bits per heavy atom. The summed E-state index contributed by atoms with van der Waals surface area (Å²) < 4.78 is 0. The van der Waals surface area contributed by atoms with E-state index in [2.05, 4.69) is 40.2 Å². The van der Waals surface area contributed by atoms with Crippen LogP contribution in [0, 0.1) is 5.92 Å². The third-order valence-electron chi connectivity index (χ3n) is 2.86. The molecule has 0 fully saturated rings. The lowest BCUT2D eigenvalue weighted by molar-refractivity contribution is 0.661. The summed E-state index contributed by atoms with van der Waals surface area (Å²) in [5.41, 5.74) is 7.97. The molecule has 2 aromatic rings. The zero-order valence-corrected chi connectivity index (χ0v) is 11.5. The summed E-state index contributed by atoms with van der Waals surface area (Å²) in [6.45, 7) is 5.77. The van der Waals surface area contributed by atoms with Crippen molar-refractivity contribution in [3.8, 4) is 0 Å². The normalized spacial score (nSPS) is 12.3. The van der Waals surface area contributed by atoms with Crippen molar-refractivity contribution in [2.45, 2.75) is 20.3 Å². The highest BCUT2D eigenvalue weighted by Crippen LogP contribution is 2.15. The van der Waals surface area contributed by atoms with E-state index in [1.807, 2.05) is 12.3 Å². The monoisotopic (exact) mass is 259 g/mol. The molecule has 0 saturated heterocycles.